The molecule has 0 spiro atoms. The molecule has 5 nitrogen and oxygen atoms in total. The van der Waals surface area contributed by atoms with Crippen molar-refractivity contribution in [3.63, 3.8) is 0 Å². The van der Waals surface area contributed by atoms with Crippen LogP contribution in [0.4, 0.5) is 0 Å². The van der Waals surface area contributed by atoms with Gasteiger partial charge in [-0.1, -0.05) is 151 Å². The summed E-state index contributed by atoms with van der Waals surface area (Å²) in [4.78, 5) is 5.58. The Bertz CT molecular complexity index is 4470. The Morgan fingerprint density at radius 3 is 1.12 bits per heavy atom. The van der Waals surface area contributed by atoms with Gasteiger partial charge in [-0.3, -0.25) is 4.57 Å². The SMILES string of the molecule is [2H]c1c([2H])c(-n2c3ccccc3c3ccccc32)c(-c2cc(-n3c4ccccc4c4c([2H])c([2H])c([2H])c([2H])c43)cc(-n3c4ccccc4c4c([2H])c([2H])c([2H])c([2H])c43)n2)c(-n2c3ccccc3c3ccccc32)c1[2H]. The van der Waals surface area contributed by atoms with Gasteiger partial charge in [0.25, 0.3) is 0 Å². The maximum absolute atomic E-state index is 10.2. The molecule has 0 aliphatic carbocycles. The van der Waals surface area contributed by atoms with E-state index in [2.05, 4.69) is 0 Å². The number of rotatable bonds is 5. The van der Waals surface area contributed by atoms with E-state index in [1.807, 2.05) is 143 Å². The van der Waals surface area contributed by atoms with Gasteiger partial charge in [-0.2, -0.15) is 0 Å². The summed E-state index contributed by atoms with van der Waals surface area (Å²) in [5, 5.41) is 5.21. The Morgan fingerprint density at radius 1 is 0.312 bits per heavy atom. The highest BCUT2D eigenvalue weighted by Gasteiger charge is 2.25. The first-order valence-corrected chi connectivity index (χ1v) is 21.0. The van der Waals surface area contributed by atoms with Gasteiger partial charge < -0.3 is 13.7 Å². The summed E-state index contributed by atoms with van der Waals surface area (Å²) in [5.74, 6) is 0.167. The van der Waals surface area contributed by atoms with Crippen LogP contribution in [-0.2, 0) is 0 Å². The third kappa shape index (κ3) is 4.86. The Kier molecular flexibility index (Phi) is 5.44. The van der Waals surface area contributed by atoms with Gasteiger partial charge in [0.2, 0.25) is 0 Å². The van der Waals surface area contributed by atoms with E-state index in [-0.39, 0.29) is 93.2 Å². The predicted molar refractivity (Wildman–Crippen MR) is 267 cm³/mol. The van der Waals surface area contributed by atoms with Crippen molar-refractivity contribution in [3.8, 4) is 34.1 Å². The maximum atomic E-state index is 10.2. The molecule has 5 heterocycles. The molecule has 0 aliphatic rings. The largest absolute Gasteiger partial charge is 0.309 e. The fourth-order valence-corrected chi connectivity index (χ4v) is 10.0. The number of hydrogen-bond acceptors (Lipinski definition) is 1. The molecule has 14 rings (SSSR count). The lowest BCUT2D eigenvalue weighted by Crippen LogP contribution is -2.07. The van der Waals surface area contributed by atoms with E-state index in [0.717, 1.165) is 43.6 Å². The van der Waals surface area contributed by atoms with Gasteiger partial charge in [0.05, 0.1) is 82.0 Å². The Hall–Kier alpha value is -8.67. The first-order valence-electron chi connectivity index (χ1n) is 26.5. The molecule has 0 saturated heterocycles. The van der Waals surface area contributed by atoms with Crippen LogP contribution in [-0.4, -0.2) is 23.3 Å². The predicted octanol–water partition coefficient (Wildman–Crippen LogP) is 15.1. The zero-order valence-electron chi connectivity index (χ0n) is 44.7. The van der Waals surface area contributed by atoms with Gasteiger partial charge in [-0.15, -0.1) is 0 Å². The van der Waals surface area contributed by atoms with E-state index in [1.54, 1.807) is 33.4 Å². The first kappa shape index (κ1) is 26.0. The monoisotopic (exact) mass is 826 g/mol. The number of benzene rings is 9. The minimum atomic E-state index is -0.447. The summed E-state index contributed by atoms with van der Waals surface area (Å²) in [5.41, 5.74) is 5.62. The summed E-state index contributed by atoms with van der Waals surface area (Å²) in [7, 11) is 0. The number of para-hydroxylation sites is 8. The molecule has 0 bridgehead atoms. The van der Waals surface area contributed by atoms with Gasteiger partial charge in [0.15, 0.2) is 0 Å². The van der Waals surface area contributed by atoms with E-state index in [1.165, 1.54) is 0 Å². The van der Waals surface area contributed by atoms with Gasteiger partial charge >= 0.3 is 0 Å². The van der Waals surface area contributed by atoms with Crippen LogP contribution in [0.15, 0.2) is 224 Å². The van der Waals surface area contributed by atoms with Crippen molar-refractivity contribution in [1.82, 2.24) is 23.3 Å². The van der Waals surface area contributed by atoms with E-state index >= 15 is 0 Å². The summed E-state index contributed by atoms with van der Waals surface area (Å²) in [6.07, 6.45) is 0. The van der Waals surface area contributed by atoms with Gasteiger partial charge in [0.1, 0.15) is 5.82 Å². The van der Waals surface area contributed by atoms with E-state index in [9.17, 15) is 9.60 Å². The summed E-state index contributed by atoms with van der Waals surface area (Å²) >= 11 is 0. The van der Waals surface area contributed by atoms with Crippen molar-refractivity contribution >= 4 is 87.2 Å². The van der Waals surface area contributed by atoms with Crippen LogP contribution in [0, 0.1) is 0 Å². The molecule has 0 unspecified atom stereocenters. The number of aromatic nitrogens is 5. The molecule has 0 amide bonds. The van der Waals surface area contributed by atoms with Crippen molar-refractivity contribution in [3.05, 3.63) is 224 Å². The zero-order valence-corrected chi connectivity index (χ0v) is 33.7. The average Bonchev–Trinajstić information content (AvgIpc) is 4.20. The number of fused-ring (bicyclic) bond motifs is 12. The molecular weight excluding hydrogens is 779 g/mol. The molecule has 14 aromatic rings. The molecule has 298 valence electrons. The molecule has 0 N–H and O–H groups in total. The normalized spacial score (nSPS) is 14.5. The molecule has 0 saturated carbocycles. The first-order chi connectivity index (χ1) is 36.4. The minimum Gasteiger partial charge on any atom is -0.309 e. The third-order valence-electron chi connectivity index (χ3n) is 12.6. The van der Waals surface area contributed by atoms with E-state index in [4.69, 9.17) is 10.5 Å². The van der Waals surface area contributed by atoms with Crippen LogP contribution >= 0.6 is 0 Å². The van der Waals surface area contributed by atoms with Crippen LogP contribution in [0.5, 0.6) is 0 Å². The number of pyridine rings is 1. The molecule has 5 heteroatoms. The Balaban J connectivity index is 1.26. The molecule has 5 aromatic heterocycles. The van der Waals surface area contributed by atoms with Gasteiger partial charge in [-0.05, 0) is 66.6 Å². The molecule has 0 fully saturated rings. The molecule has 0 radical (unpaired) electrons. The molecule has 0 aliphatic heterocycles. The van der Waals surface area contributed by atoms with E-state index in [0.29, 0.717) is 32.9 Å². The second-order valence-corrected chi connectivity index (χ2v) is 15.9. The third-order valence-corrected chi connectivity index (χ3v) is 12.6. The summed E-state index contributed by atoms with van der Waals surface area (Å²) in [6.45, 7) is 0. The number of nitrogens with zero attached hydrogens (tertiary/aromatic N) is 5. The highest BCUT2D eigenvalue weighted by atomic mass is 15.1. The van der Waals surface area contributed by atoms with Crippen molar-refractivity contribution in [2.45, 2.75) is 0 Å². The Labute approximate surface area is 383 Å². The van der Waals surface area contributed by atoms with Crippen molar-refractivity contribution < 1.29 is 15.1 Å². The van der Waals surface area contributed by atoms with Crippen LogP contribution in [0.2, 0.25) is 0 Å². The van der Waals surface area contributed by atoms with Gasteiger partial charge in [0, 0.05) is 54.7 Å². The highest BCUT2D eigenvalue weighted by molar-refractivity contribution is 6.13. The zero-order chi connectivity index (χ0) is 51.5. The van der Waals surface area contributed by atoms with Crippen LogP contribution < -0.4 is 0 Å². The summed E-state index contributed by atoms with van der Waals surface area (Å²) < 4.78 is 111. The van der Waals surface area contributed by atoms with Crippen LogP contribution in [0.3, 0.4) is 0 Å². The molecule has 0 atom stereocenters. The fraction of sp³-hybridized carbons (Fsp3) is 0. The number of hydrogen-bond donors (Lipinski definition) is 0. The smallest absolute Gasteiger partial charge is 0.140 e. The average molecular weight is 827 g/mol. The second kappa shape index (κ2) is 13.4. The molecule has 9 aromatic carbocycles. The van der Waals surface area contributed by atoms with E-state index < -0.39 is 18.1 Å². The molecule has 64 heavy (non-hydrogen) atoms. The van der Waals surface area contributed by atoms with Crippen molar-refractivity contribution in [2.24, 2.45) is 0 Å². The van der Waals surface area contributed by atoms with Crippen LogP contribution in [0.1, 0.15) is 15.1 Å². The fourth-order valence-electron chi connectivity index (χ4n) is 10.0. The lowest BCUT2D eigenvalue weighted by atomic mass is 10.0. The Morgan fingerprint density at radius 2 is 0.672 bits per heavy atom. The standard InChI is InChI=1S/C59H37N5/c1-9-26-48-39(18-1)40-19-2-10-27-49(40)61(48)38-36-47(60-58(37-38)64-54-32-15-7-24-45(54)46-25-8-16-33-55(46)64)59-56(62-50-28-11-3-20-41(50)42-21-4-12-29-51(42)62)34-17-35-57(59)63-52-30-13-5-22-43(52)44-23-6-14-31-53(44)63/h1-37H/i1D,7D,9D,15D,17D,18D,24D,26D,32D,34D,35D. The van der Waals surface area contributed by atoms with Crippen molar-refractivity contribution in [1.29, 1.82) is 0 Å². The lowest BCUT2D eigenvalue weighted by Gasteiger charge is -2.21. The van der Waals surface area contributed by atoms with Gasteiger partial charge in [-0.25, -0.2) is 4.98 Å². The second-order valence-electron chi connectivity index (χ2n) is 15.9. The van der Waals surface area contributed by atoms with Crippen molar-refractivity contribution in [2.75, 3.05) is 0 Å². The van der Waals surface area contributed by atoms with Crippen LogP contribution in [0.25, 0.3) is 121 Å². The topological polar surface area (TPSA) is 32.6 Å². The quantitative estimate of drug-likeness (QED) is 0.170. The highest BCUT2D eigenvalue weighted by Crippen LogP contribution is 2.44. The molecular formula is C59H37N5. The summed E-state index contributed by atoms with van der Waals surface area (Å²) in [6, 6.07) is 45.9. The minimum absolute atomic E-state index is 0.149. The lowest BCUT2D eigenvalue weighted by molar-refractivity contribution is 1.05. The maximum Gasteiger partial charge on any atom is 0.140 e.